The van der Waals surface area contributed by atoms with Gasteiger partial charge in [-0.25, -0.2) is 0 Å². The van der Waals surface area contributed by atoms with Crippen LogP contribution in [-0.2, 0) is 16.0 Å². The summed E-state index contributed by atoms with van der Waals surface area (Å²) in [4.78, 5) is 12.2. The summed E-state index contributed by atoms with van der Waals surface area (Å²) in [5.74, 6) is 0.603. The zero-order valence-corrected chi connectivity index (χ0v) is 14.0. The molecule has 2 aromatic rings. The first kappa shape index (κ1) is 17.8. The van der Waals surface area contributed by atoms with Gasteiger partial charge < -0.3 is 20.5 Å². The van der Waals surface area contributed by atoms with Crippen molar-refractivity contribution in [3.05, 3.63) is 54.1 Å². The lowest BCUT2D eigenvalue weighted by atomic mass is 10.1. The zero-order chi connectivity index (χ0) is 17.2. The van der Waals surface area contributed by atoms with Crippen LogP contribution in [0.15, 0.2) is 48.5 Å². The van der Waals surface area contributed by atoms with Crippen molar-refractivity contribution in [2.45, 2.75) is 19.8 Å². The van der Waals surface area contributed by atoms with Crippen LogP contribution in [0.25, 0.3) is 0 Å². The van der Waals surface area contributed by atoms with Crippen LogP contribution in [0.3, 0.4) is 0 Å². The Morgan fingerprint density at radius 1 is 1.08 bits per heavy atom. The van der Waals surface area contributed by atoms with Gasteiger partial charge in [-0.05, 0) is 43.2 Å². The SMILES string of the molecule is CCOCCOc1ccccc1NC(=O)CCc1ccc(N)cc1. The lowest BCUT2D eigenvalue weighted by Gasteiger charge is -2.12. The number of hydrogen-bond donors (Lipinski definition) is 2. The summed E-state index contributed by atoms with van der Waals surface area (Å²) in [5.41, 5.74) is 8.14. The van der Waals surface area contributed by atoms with Gasteiger partial charge in [-0.15, -0.1) is 0 Å². The average molecular weight is 328 g/mol. The van der Waals surface area contributed by atoms with Gasteiger partial charge in [0.15, 0.2) is 0 Å². The third-order valence-electron chi connectivity index (χ3n) is 3.47. The van der Waals surface area contributed by atoms with E-state index in [1.807, 2.05) is 55.5 Å². The summed E-state index contributed by atoms with van der Waals surface area (Å²) in [5, 5.41) is 2.90. The molecule has 0 unspecified atom stereocenters. The van der Waals surface area contributed by atoms with Crippen LogP contribution in [0, 0.1) is 0 Å². The monoisotopic (exact) mass is 328 g/mol. The quantitative estimate of drug-likeness (QED) is 0.547. The summed E-state index contributed by atoms with van der Waals surface area (Å²) in [6.07, 6.45) is 1.07. The predicted molar refractivity (Wildman–Crippen MR) is 96.2 cm³/mol. The van der Waals surface area contributed by atoms with E-state index in [0.717, 1.165) is 11.3 Å². The molecule has 0 saturated carbocycles. The largest absolute Gasteiger partial charge is 0.489 e. The molecule has 2 rings (SSSR count). The van der Waals surface area contributed by atoms with Crippen molar-refractivity contribution in [3.8, 4) is 5.75 Å². The number of para-hydroxylation sites is 2. The number of nitrogen functional groups attached to an aromatic ring is 1. The third-order valence-corrected chi connectivity index (χ3v) is 3.47. The number of ether oxygens (including phenoxy) is 2. The van der Waals surface area contributed by atoms with Gasteiger partial charge in [0.05, 0.1) is 12.3 Å². The molecule has 0 aliphatic carbocycles. The van der Waals surface area contributed by atoms with E-state index >= 15 is 0 Å². The first-order valence-corrected chi connectivity index (χ1v) is 8.13. The predicted octanol–water partition coefficient (Wildman–Crippen LogP) is 3.26. The second kappa shape index (κ2) is 9.57. The standard InChI is InChI=1S/C19H24N2O3/c1-2-23-13-14-24-18-6-4-3-5-17(18)21-19(22)12-9-15-7-10-16(20)11-8-15/h3-8,10-11H,2,9,12-14,20H2,1H3,(H,21,22). The molecule has 0 spiro atoms. The second-order valence-electron chi connectivity index (χ2n) is 5.33. The second-order valence-corrected chi connectivity index (χ2v) is 5.33. The third kappa shape index (κ3) is 5.93. The van der Waals surface area contributed by atoms with Gasteiger partial charge in [0.25, 0.3) is 0 Å². The van der Waals surface area contributed by atoms with Crippen molar-refractivity contribution in [3.63, 3.8) is 0 Å². The first-order valence-electron chi connectivity index (χ1n) is 8.13. The molecule has 0 saturated heterocycles. The van der Waals surface area contributed by atoms with Gasteiger partial charge in [0.1, 0.15) is 12.4 Å². The maximum Gasteiger partial charge on any atom is 0.224 e. The van der Waals surface area contributed by atoms with E-state index in [0.29, 0.717) is 44.1 Å². The van der Waals surface area contributed by atoms with Crippen molar-refractivity contribution in [2.75, 3.05) is 30.9 Å². The first-order chi connectivity index (χ1) is 11.7. The molecule has 0 atom stereocenters. The fourth-order valence-corrected chi connectivity index (χ4v) is 2.21. The molecule has 0 radical (unpaired) electrons. The molecule has 24 heavy (non-hydrogen) atoms. The molecular weight excluding hydrogens is 304 g/mol. The van der Waals surface area contributed by atoms with Crippen LogP contribution in [0.5, 0.6) is 5.75 Å². The Morgan fingerprint density at radius 3 is 2.58 bits per heavy atom. The zero-order valence-electron chi connectivity index (χ0n) is 14.0. The van der Waals surface area contributed by atoms with E-state index in [4.69, 9.17) is 15.2 Å². The van der Waals surface area contributed by atoms with Crippen LogP contribution in [0.2, 0.25) is 0 Å². The molecule has 0 bridgehead atoms. The molecule has 0 aromatic heterocycles. The van der Waals surface area contributed by atoms with Gasteiger partial charge in [0.2, 0.25) is 5.91 Å². The normalized spacial score (nSPS) is 10.4. The highest BCUT2D eigenvalue weighted by Gasteiger charge is 2.08. The van der Waals surface area contributed by atoms with Crippen molar-refractivity contribution in [2.24, 2.45) is 0 Å². The van der Waals surface area contributed by atoms with Gasteiger partial charge in [0, 0.05) is 18.7 Å². The summed E-state index contributed by atoms with van der Waals surface area (Å²) >= 11 is 0. The fourth-order valence-electron chi connectivity index (χ4n) is 2.21. The topological polar surface area (TPSA) is 73.6 Å². The van der Waals surface area contributed by atoms with Crippen molar-refractivity contribution in [1.29, 1.82) is 0 Å². The van der Waals surface area contributed by atoms with E-state index in [2.05, 4.69) is 5.32 Å². The fraction of sp³-hybridized carbons (Fsp3) is 0.316. The van der Waals surface area contributed by atoms with Crippen molar-refractivity contribution < 1.29 is 14.3 Å². The number of rotatable bonds is 9. The van der Waals surface area contributed by atoms with E-state index < -0.39 is 0 Å². The Labute approximate surface area is 142 Å². The van der Waals surface area contributed by atoms with Crippen LogP contribution >= 0.6 is 0 Å². The number of benzene rings is 2. The van der Waals surface area contributed by atoms with Crippen molar-refractivity contribution in [1.82, 2.24) is 0 Å². The number of carbonyl (C=O) groups excluding carboxylic acids is 1. The summed E-state index contributed by atoms with van der Waals surface area (Å²) in [6, 6.07) is 15.0. The van der Waals surface area contributed by atoms with E-state index in [1.165, 1.54) is 0 Å². The van der Waals surface area contributed by atoms with Crippen LogP contribution < -0.4 is 15.8 Å². The number of nitrogens with two attached hydrogens (primary N) is 1. The lowest BCUT2D eigenvalue weighted by molar-refractivity contribution is -0.116. The molecule has 2 aromatic carbocycles. The minimum Gasteiger partial charge on any atom is -0.489 e. The van der Waals surface area contributed by atoms with E-state index in [1.54, 1.807) is 0 Å². The Kier molecular flexibility index (Phi) is 7.11. The molecule has 0 heterocycles. The number of hydrogen-bond acceptors (Lipinski definition) is 4. The number of nitrogens with one attached hydrogen (secondary N) is 1. The number of carbonyl (C=O) groups is 1. The van der Waals surface area contributed by atoms with Gasteiger partial charge in [-0.1, -0.05) is 24.3 Å². The number of aryl methyl sites for hydroxylation is 1. The Bertz CT molecular complexity index is 641. The smallest absolute Gasteiger partial charge is 0.224 e. The van der Waals surface area contributed by atoms with E-state index in [-0.39, 0.29) is 5.91 Å². The molecule has 3 N–H and O–H groups in total. The van der Waals surface area contributed by atoms with Gasteiger partial charge in [-0.2, -0.15) is 0 Å². The summed E-state index contributed by atoms with van der Waals surface area (Å²) in [6.45, 7) is 3.57. The number of amides is 1. The highest BCUT2D eigenvalue weighted by Crippen LogP contribution is 2.24. The molecule has 0 aliphatic rings. The molecular formula is C19H24N2O3. The van der Waals surface area contributed by atoms with Gasteiger partial charge >= 0.3 is 0 Å². The average Bonchev–Trinajstić information content (AvgIpc) is 2.59. The number of anilines is 2. The molecule has 5 heteroatoms. The van der Waals surface area contributed by atoms with Crippen LogP contribution in [-0.4, -0.2) is 25.7 Å². The van der Waals surface area contributed by atoms with Gasteiger partial charge in [-0.3, -0.25) is 4.79 Å². The van der Waals surface area contributed by atoms with Crippen LogP contribution in [0.4, 0.5) is 11.4 Å². The van der Waals surface area contributed by atoms with Crippen LogP contribution in [0.1, 0.15) is 18.9 Å². The minimum atomic E-state index is -0.0484. The minimum absolute atomic E-state index is 0.0484. The molecule has 1 amide bonds. The molecule has 128 valence electrons. The summed E-state index contributed by atoms with van der Waals surface area (Å²) in [7, 11) is 0. The maximum atomic E-state index is 12.2. The molecule has 0 aliphatic heterocycles. The summed E-state index contributed by atoms with van der Waals surface area (Å²) < 4.78 is 10.9. The lowest BCUT2D eigenvalue weighted by Crippen LogP contribution is -2.14. The Balaban J connectivity index is 1.85. The molecule has 0 fully saturated rings. The maximum absolute atomic E-state index is 12.2. The highest BCUT2D eigenvalue weighted by atomic mass is 16.5. The highest BCUT2D eigenvalue weighted by molar-refractivity contribution is 5.92. The van der Waals surface area contributed by atoms with Crippen molar-refractivity contribution >= 4 is 17.3 Å². The molecule has 5 nitrogen and oxygen atoms in total. The van der Waals surface area contributed by atoms with E-state index in [9.17, 15) is 4.79 Å². The Morgan fingerprint density at radius 2 is 1.83 bits per heavy atom. The Hall–Kier alpha value is -2.53.